The van der Waals surface area contributed by atoms with Gasteiger partial charge in [0.2, 0.25) is 0 Å². The molecule has 2 atom stereocenters. The molecule has 0 aromatic heterocycles. The predicted molar refractivity (Wildman–Crippen MR) is 258 cm³/mol. The van der Waals surface area contributed by atoms with Crippen molar-refractivity contribution >= 4 is 19.8 Å². The summed E-state index contributed by atoms with van der Waals surface area (Å²) in [4.78, 5) is 34.7. The molecule has 0 saturated heterocycles. The number of hydrogen-bond acceptors (Lipinski definition) is 7. The SMILES string of the molecule is CCCCCCCCCCCCCCCCCCCCCCCCC(=O)OC(COC(=O)CCCCCCCCCCCCCCCCCCCCCC)COP(=O)(O)OC. The number of carbonyl (C=O) groups is 2. The highest BCUT2D eigenvalue weighted by atomic mass is 31.2. The fourth-order valence-corrected chi connectivity index (χ4v) is 8.71. The maximum atomic E-state index is 12.6. The van der Waals surface area contributed by atoms with Crippen LogP contribution in [-0.2, 0) is 32.7 Å². The second kappa shape index (κ2) is 48.5. The number of carbonyl (C=O) groups excluding carboxylic acids is 2. The number of unbranched alkanes of at least 4 members (excludes halogenated alkanes) is 40. The van der Waals surface area contributed by atoms with Gasteiger partial charge >= 0.3 is 19.8 Å². The van der Waals surface area contributed by atoms with Crippen LogP contribution >= 0.6 is 7.82 Å². The standard InChI is InChI=1S/C52H103O8P/c1-4-6-8-10-12-14-16-18-20-22-24-26-27-29-31-33-35-37-39-41-43-45-47-52(54)60-50(49-59-61(55,56)57-3)48-58-51(53)46-44-42-40-38-36-34-32-30-28-25-23-21-19-17-15-13-11-9-7-5-2/h50H,4-49H2,1-3H3,(H,55,56). The van der Waals surface area contributed by atoms with Gasteiger partial charge < -0.3 is 14.4 Å². The Bertz CT molecular complexity index is 962. The Morgan fingerprint density at radius 3 is 0.902 bits per heavy atom. The summed E-state index contributed by atoms with van der Waals surface area (Å²) >= 11 is 0. The first-order valence-corrected chi connectivity index (χ1v) is 28.2. The van der Waals surface area contributed by atoms with Crippen LogP contribution in [-0.4, -0.2) is 43.3 Å². The van der Waals surface area contributed by atoms with Gasteiger partial charge in [-0.05, 0) is 12.8 Å². The zero-order chi connectivity index (χ0) is 44.6. The minimum atomic E-state index is -4.26. The van der Waals surface area contributed by atoms with Crippen LogP contribution in [0.25, 0.3) is 0 Å². The predicted octanol–water partition coefficient (Wildman–Crippen LogP) is 17.4. The van der Waals surface area contributed by atoms with E-state index in [-0.39, 0.29) is 25.6 Å². The summed E-state index contributed by atoms with van der Waals surface area (Å²) in [7, 11) is -3.19. The van der Waals surface area contributed by atoms with Gasteiger partial charge in [0.1, 0.15) is 6.61 Å². The number of ether oxygens (including phenoxy) is 2. The first-order valence-electron chi connectivity index (χ1n) is 26.7. The molecule has 0 amide bonds. The second-order valence-corrected chi connectivity index (χ2v) is 19.9. The van der Waals surface area contributed by atoms with Gasteiger partial charge in [-0.15, -0.1) is 0 Å². The van der Waals surface area contributed by atoms with Crippen molar-refractivity contribution in [3.8, 4) is 0 Å². The van der Waals surface area contributed by atoms with Crippen molar-refractivity contribution in [1.82, 2.24) is 0 Å². The highest BCUT2D eigenvalue weighted by Gasteiger charge is 2.24. The molecule has 0 aliphatic heterocycles. The first kappa shape index (κ1) is 60.1. The monoisotopic (exact) mass is 887 g/mol. The third kappa shape index (κ3) is 48.3. The maximum absolute atomic E-state index is 12.6. The molecule has 0 bridgehead atoms. The molecule has 0 aliphatic carbocycles. The Morgan fingerprint density at radius 1 is 0.393 bits per heavy atom. The molecule has 0 heterocycles. The number of phosphoric acid groups is 1. The van der Waals surface area contributed by atoms with E-state index < -0.39 is 19.9 Å². The van der Waals surface area contributed by atoms with E-state index in [2.05, 4.69) is 18.4 Å². The Morgan fingerprint density at radius 2 is 0.639 bits per heavy atom. The van der Waals surface area contributed by atoms with Crippen LogP contribution in [0.4, 0.5) is 0 Å². The fourth-order valence-electron chi connectivity index (χ4n) is 8.25. The van der Waals surface area contributed by atoms with Crippen molar-refractivity contribution < 1.29 is 37.6 Å². The van der Waals surface area contributed by atoms with E-state index in [4.69, 9.17) is 14.0 Å². The van der Waals surface area contributed by atoms with Crippen LogP contribution in [0.1, 0.15) is 296 Å². The molecule has 364 valence electrons. The summed E-state index contributed by atoms with van der Waals surface area (Å²) in [6.45, 7) is 3.96. The minimum absolute atomic E-state index is 0.215. The average molecular weight is 887 g/mol. The zero-order valence-electron chi connectivity index (χ0n) is 40.9. The Balaban J connectivity index is 3.81. The highest BCUT2D eigenvalue weighted by Crippen LogP contribution is 2.42. The smallest absolute Gasteiger partial charge is 0.462 e. The van der Waals surface area contributed by atoms with Crippen molar-refractivity contribution in [3.05, 3.63) is 0 Å². The molecule has 0 fully saturated rings. The van der Waals surface area contributed by atoms with Crippen molar-refractivity contribution in [2.24, 2.45) is 0 Å². The van der Waals surface area contributed by atoms with E-state index in [0.717, 1.165) is 45.6 Å². The van der Waals surface area contributed by atoms with Gasteiger partial charge in [-0.3, -0.25) is 18.6 Å². The number of phosphoric ester groups is 1. The summed E-state index contributed by atoms with van der Waals surface area (Å²) in [5.74, 6) is -0.779. The van der Waals surface area contributed by atoms with Crippen molar-refractivity contribution in [2.75, 3.05) is 20.3 Å². The molecule has 8 nitrogen and oxygen atoms in total. The normalized spacial score (nSPS) is 13.0. The van der Waals surface area contributed by atoms with Crippen LogP contribution in [0.5, 0.6) is 0 Å². The van der Waals surface area contributed by atoms with E-state index in [0.29, 0.717) is 6.42 Å². The average Bonchev–Trinajstić information content (AvgIpc) is 3.25. The van der Waals surface area contributed by atoms with Gasteiger partial charge in [0, 0.05) is 20.0 Å². The Labute approximate surface area is 378 Å². The third-order valence-electron chi connectivity index (χ3n) is 12.4. The van der Waals surface area contributed by atoms with Crippen LogP contribution in [0.3, 0.4) is 0 Å². The molecular weight excluding hydrogens is 784 g/mol. The lowest BCUT2D eigenvalue weighted by molar-refractivity contribution is -0.161. The molecule has 0 saturated carbocycles. The van der Waals surface area contributed by atoms with Crippen molar-refractivity contribution in [1.29, 1.82) is 0 Å². The van der Waals surface area contributed by atoms with Crippen LogP contribution in [0.2, 0.25) is 0 Å². The Kier molecular flexibility index (Phi) is 47.7. The molecule has 61 heavy (non-hydrogen) atoms. The molecular formula is C52H103O8P. The number of hydrogen-bond donors (Lipinski definition) is 1. The second-order valence-electron chi connectivity index (χ2n) is 18.4. The zero-order valence-corrected chi connectivity index (χ0v) is 41.8. The quantitative estimate of drug-likeness (QED) is 0.0365. The minimum Gasteiger partial charge on any atom is -0.462 e. The van der Waals surface area contributed by atoms with Gasteiger partial charge in [-0.1, -0.05) is 271 Å². The molecule has 1 N–H and O–H groups in total. The Hall–Kier alpha value is -0.950. The fraction of sp³-hybridized carbons (Fsp3) is 0.962. The van der Waals surface area contributed by atoms with E-state index in [1.165, 1.54) is 231 Å². The summed E-state index contributed by atoms with van der Waals surface area (Å²) in [6.07, 6.45) is 54.6. The van der Waals surface area contributed by atoms with Gasteiger partial charge in [-0.25, -0.2) is 4.57 Å². The van der Waals surface area contributed by atoms with E-state index >= 15 is 0 Å². The molecule has 9 heteroatoms. The van der Waals surface area contributed by atoms with Crippen LogP contribution in [0.15, 0.2) is 0 Å². The lowest BCUT2D eigenvalue weighted by Crippen LogP contribution is -2.29. The van der Waals surface area contributed by atoms with Gasteiger partial charge in [-0.2, -0.15) is 0 Å². The lowest BCUT2D eigenvalue weighted by Gasteiger charge is -2.19. The number of rotatable bonds is 51. The van der Waals surface area contributed by atoms with Crippen molar-refractivity contribution in [3.63, 3.8) is 0 Å². The van der Waals surface area contributed by atoms with Crippen LogP contribution < -0.4 is 0 Å². The largest absolute Gasteiger partial charge is 0.472 e. The van der Waals surface area contributed by atoms with Gasteiger partial charge in [0.15, 0.2) is 6.10 Å². The lowest BCUT2D eigenvalue weighted by atomic mass is 10.0. The molecule has 2 unspecified atom stereocenters. The van der Waals surface area contributed by atoms with E-state index in [9.17, 15) is 19.0 Å². The third-order valence-corrected chi connectivity index (χ3v) is 13.3. The molecule has 0 aliphatic rings. The molecule has 0 radical (unpaired) electrons. The molecule has 0 spiro atoms. The maximum Gasteiger partial charge on any atom is 0.472 e. The highest BCUT2D eigenvalue weighted by molar-refractivity contribution is 7.47. The van der Waals surface area contributed by atoms with E-state index in [1.807, 2.05) is 0 Å². The van der Waals surface area contributed by atoms with Gasteiger partial charge in [0.25, 0.3) is 0 Å². The molecule has 0 aromatic rings. The molecule has 0 aromatic carbocycles. The summed E-state index contributed by atoms with van der Waals surface area (Å²) < 4.78 is 32.2. The first-order chi connectivity index (χ1) is 29.8. The molecule has 0 rings (SSSR count). The number of esters is 2. The summed E-state index contributed by atoms with van der Waals surface area (Å²) in [6, 6.07) is 0. The van der Waals surface area contributed by atoms with Crippen molar-refractivity contribution in [2.45, 2.75) is 302 Å². The summed E-state index contributed by atoms with van der Waals surface area (Å²) in [5, 5.41) is 0. The topological polar surface area (TPSA) is 108 Å². The summed E-state index contributed by atoms with van der Waals surface area (Å²) in [5.41, 5.74) is 0. The van der Waals surface area contributed by atoms with Crippen LogP contribution in [0, 0.1) is 0 Å². The van der Waals surface area contributed by atoms with Gasteiger partial charge in [0.05, 0.1) is 6.61 Å². The van der Waals surface area contributed by atoms with E-state index in [1.54, 1.807) is 0 Å².